The van der Waals surface area contributed by atoms with Crippen molar-refractivity contribution in [3.63, 3.8) is 0 Å². The summed E-state index contributed by atoms with van der Waals surface area (Å²) in [6.45, 7) is 6.78. The van der Waals surface area contributed by atoms with Crippen molar-refractivity contribution in [3.05, 3.63) is 53.3 Å². The third-order valence-corrected chi connectivity index (χ3v) is 4.87. The molecular weight excluding hydrogens is 354 g/mol. The van der Waals surface area contributed by atoms with E-state index in [0.717, 1.165) is 61.2 Å². The molecule has 0 aliphatic carbocycles. The first kappa shape index (κ1) is 18.5. The van der Waals surface area contributed by atoms with E-state index in [1.165, 1.54) is 0 Å². The highest BCUT2D eigenvalue weighted by atomic mass is 16.5. The van der Waals surface area contributed by atoms with Crippen LogP contribution in [0.15, 0.2) is 36.4 Å². The topological polar surface area (TPSA) is 54.9 Å². The molecule has 1 fully saturated rings. The smallest absolute Gasteiger partial charge is 0.265 e. The molecule has 3 heterocycles. The predicted molar refractivity (Wildman–Crippen MR) is 107 cm³/mol. The Morgan fingerprint density at radius 1 is 1.11 bits per heavy atom. The first-order valence-electron chi connectivity index (χ1n) is 9.52. The first-order valence-corrected chi connectivity index (χ1v) is 9.52. The van der Waals surface area contributed by atoms with Gasteiger partial charge < -0.3 is 14.4 Å². The zero-order valence-electron chi connectivity index (χ0n) is 16.0. The maximum Gasteiger partial charge on any atom is 0.265 e. The zero-order chi connectivity index (χ0) is 19.3. The number of rotatable bonds is 3. The van der Waals surface area contributed by atoms with Gasteiger partial charge in [-0.15, -0.1) is 0 Å². The van der Waals surface area contributed by atoms with Crippen LogP contribution in [0.4, 0.5) is 5.69 Å². The maximum atomic E-state index is 12.5. The molecule has 0 saturated carbocycles. The summed E-state index contributed by atoms with van der Waals surface area (Å²) in [5.41, 5.74) is 3.28. The third kappa shape index (κ3) is 4.33. The van der Waals surface area contributed by atoms with Crippen molar-refractivity contribution in [2.45, 2.75) is 6.92 Å². The predicted octanol–water partition coefficient (Wildman–Crippen LogP) is 1.85. The van der Waals surface area contributed by atoms with E-state index in [1.54, 1.807) is 0 Å². The van der Waals surface area contributed by atoms with E-state index in [0.29, 0.717) is 6.54 Å². The molecule has 1 aromatic heterocycles. The normalized spacial score (nSPS) is 16.8. The van der Waals surface area contributed by atoms with Crippen molar-refractivity contribution in [3.8, 4) is 17.6 Å². The Morgan fingerprint density at radius 3 is 2.79 bits per heavy atom. The monoisotopic (exact) mass is 377 g/mol. The molecule has 0 bridgehead atoms. The van der Waals surface area contributed by atoms with Gasteiger partial charge in [0.05, 0.1) is 18.9 Å². The van der Waals surface area contributed by atoms with Crippen molar-refractivity contribution < 1.29 is 14.3 Å². The Hall–Kier alpha value is -2.88. The molecule has 0 atom stereocenters. The fraction of sp³-hybridized carbons (Fsp3) is 0.364. The average Bonchev–Trinajstić information content (AvgIpc) is 2.72. The van der Waals surface area contributed by atoms with Crippen LogP contribution in [-0.2, 0) is 9.53 Å². The van der Waals surface area contributed by atoms with Gasteiger partial charge in [-0.2, -0.15) is 0 Å². The molecule has 1 saturated heterocycles. The van der Waals surface area contributed by atoms with E-state index in [-0.39, 0.29) is 12.5 Å². The molecule has 0 N–H and O–H groups in total. The number of aryl methyl sites for hydroxylation is 1. The second-order valence-corrected chi connectivity index (χ2v) is 6.88. The van der Waals surface area contributed by atoms with Crippen LogP contribution in [0.1, 0.15) is 17.0 Å². The number of morpholine rings is 1. The highest BCUT2D eigenvalue weighted by molar-refractivity contribution is 5.98. The van der Waals surface area contributed by atoms with Gasteiger partial charge in [0.15, 0.2) is 6.61 Å². The van der Waals surface area contributed by atoms with Crippen molar-refractivity contribution in [1.82, 2.24) is 9.88 Å². The minimum atomic E-state index is -0.0220. The van der Waals surface area contributed by atoms with Gasteiger partial charge in [0.2, 0.25) is 0 Å². The summed E-state index contributed by atoms with van der Waals surface area (Å²) in [5, 5.41) is 0. The highest BCUT2D eigenvalue weighted by Gasteiger charge is 2.26. The zero-order valence-corrected chi connectivity index (χ0v) is 16.0. The van der Waals surface area contributed by atoms with Crippen LogP contribution in [0.3, 0.4) is 0 Å². The van der Waals surface area contributed by atoms with Gasteiger partial charge in [-0.05, 0) is 43.2 Å². The van der Waals surface area contributed by atoms with Crippen molar-refractivity contribution in [1.29, 1.82) is 0 Å². The molecule has 28 heavy (non-hydrogen) atoms. The first-order chi connectivity index (χ1) is 13.7. The van der Waals surface area contributed by atoms with Crippen LogP contribution < -0.4 is 9.64 Å². The van der Waals surface area contributed by atoms with Crippen LogP contribution >= 0.6 is 0 Å². The van der Waals surface area contributed by atoms with Crippen LogP contribution in [-0.4, -0.2) is 61.8 Å². The second-order valence-electron chi connectivity index (χ2n) is 6.88. The summed E-state index contributed by atoms with van der Waals surface area (Å²) < 4.78 is 11.0. The number of carbonyl (C=O) groups excluding carboxylic acids is 1. The summed E-state index contributed by atoms with van der Waals surface area (Å²) in [6, 6.07) is 11.5. The Bertz CT molecular complexity index is 926. The van der Waals surface area contributed by atoms with Gasteiger partial charge in [0.1, 0.15) is 11.4 Å². The van der Waals surface area contributed by atoms with Crippen LogP contribution in [0.25, 0.3) is 0 Å². The molecular formula is C22H23N3O3. The fourth-order valence-electron chi connectivity index (χ4n) is 3.34. The number of carbonyl (C=O) groups is 1. The maximum absolute atomic E-state index is 12.5. The molecule has 0 radical (unpaired) electrons. The Balaban J connectivity index is 1.53. The Labute approximate surface area is 165 Å². The minimum Gasteiger partial charge on any atom is -0.482 e. The van der Waals surface area contributed by atoms with E-state index < -0.39 is 0 Å². The number of anilines is 1. The lowest BCUT2D eigenvalue weighted by Crippen LogP contribution is -2.45. The fourth-order valence-corrected chi connectivity index (χ4v) is 3.34. The summed E-state index contributed by atoms with van der Waals surface area (Å²) in [7, 11) is 0. The van der Waals surface area contributed by atoms with Crippen molar-refractivity contribution >= 4 is 11.6 Å². The number of fused-ring (bicyclic) bond motifs is 1. The third-order valence-electron chi connectivity index (χ3n) is 4.87. The lowest BCUT2D eigenvalue weighted by molar-refractivity contribution is -0.121. The Kier molecular flexibility index (Phi) is 5.56. The van der Waals surface area contributed by atoms with E-state index in [9.17, 15) is 4.79 Å². The quantitative estimate of drug-likeness (QED) is 0.764. The van der Waals surface area contributed by atoms with E-state index in [2.05, 4.69) is 21.7 Å². The largest absolute Gasteiger partial charge is 0.482 e. The molecule has 144 valence electrons. The van der Waals surface area contributed by atoms with Crippen LogP contribution in [0, 0.1) is 18.8 Å². The van der Waals surface area contributed by atoms with Gasteiger partial charge in [-0.25, -0.2) is 4.98 Å². The van der Waals surface area contributed by atoms with Gasteiger partial charge >= 0.3 is 0 Å². The molecule has 1 aromatic carbocycles. The second kappa shape index (κ2) is 8.42. The minimum absolute atomic E-state index is 0.0220. The molecule has 6 nitrogen and oxygen atoms in total. The highest BCUT2D eigenvalue weighted by Crippen LogP contribution is 2.32. The molecule has 6 heteroatoms. The van der Waals surface area contributed by atoms with E-state index >= 15 is 0 Å². The lowest BCUT2D eigenvalue weighted by atomic mass is 10.1. The molecule has 2 aromatic rings. The number of hydrogen-bond donors (Lipinski definition) is 0. The molecule has 0 unspecified atom stereocenters. The molecule has 2 aliphatic rings. The molecule has 2 aliphatic heterocycles. The van der Waals surface area contributed by atoms with Gasteiger partial charge in [0.25, 0.3) is 5.91 Å². The number of aromatic nitrogens is 1. The number of nitrogens with zero attached hydrogens (tertiary/aromatic N) is 3. The molecule has 1 amide bonds. The number of benzene rings is 1. The van der Waals surface area contributed by atoms with E-state index in [1.807, 2.05) is 48.2 Å². The molecule has 0 spiro atoms. The van der Waals surface area contributed by atoms with Crippen molar-refractivity contribution in [2.75, 3.05) is 50.9 Å². The van der Waals surface area contributed by atoms with Crippen LogP contribution in [0.5, 0.6) is 5.75 Å². The number of pyridine rings is 1. The Morgan fingerprint density at radius 2 is 1.96 bits per heavy atom. The van der Waals surface area contributed by atoms with Crippen LogP contribution in [0.2, 0.25) is 0 Å². The summed E-state index contributed by atoms with van der Waals surface area (Å²) in [4.78, 5) is 21.0. The summed E-state index contributed by atoms with van der Waals surface area (Å²) in [6.07, 6.45) is 0. The summed E-state index contributed by atoms with van der Waals surface area (Å²) in [5.74, 6) is 6.94. The number of amides is 1. The van der Waals surface area contributed by atoms with Gasteiger partial charge in [0, 0.05) is 37.4 Å². The lowest BCUT2D eigenvalue weighted by Gasteiger charge is -2.33. The van der Waals surface area contributed by atoms with Gasteiger partial charge in [-0.3, -0.25) is 9.69 Å². The summed E-state index contributed by atoms with van der Waals surface area (Å²) >= 11 is 0. The average molecular weight is 377 g/mol. The number of hydrogen-bond acceptors (Lipinski definition) is 5. The SMILES string of the molecule is Cc1cccc(C#Cc2ccc3c(c2)N(CCN2CCOCC2)C(=O)CO3)n1. The molecule has 4 rings (SSSR count). The van der Waals surface area contributed by atoms with Gasteiger partial charge in [-0.1, -0.05) is 12.0 Å². The number of ether oxygens (including phenoxy) is 2. The standard InChI is InChI=1S/C22H23N3O3/c1-17-3-2-4-19(23-17)7-5-18-6-8-21-20(15-18)25(22(26)16-28-21)10-9-24-11-13-27-14-12-24/h2-4,6,8,15H,9-14,16H2,1H3. The van der Waals surface area contributed by atoms with Crippen molar-refractivity contribution in [2.24, 2.45) is 0 Å². The van der Waals surface area contributed by atoms with E-state index in [4.69, 9.17) is 9.47 Å².